The number of ketones is 1. The fraction of sp³-hybridized carbons (Fsp3) is 0.318. The highest BCUT2D eigenvalue weighted by Gasteiger charge is 2.26. The van der Waals surface area contributed by atoms with Crippen molar-refractivity contribution in [2.24, 2.45) is 0 Å². The summed E-state index contributed by atoms with van der Waals surface area (Å²) in [6, 6.07) is 16.5. The van der Waals surface area contributed by atoms with Gasteiger partial charge in [0.15, 0.2) is 0 Å². The number of Topliss-reactive ketones (excluding diaryl/α,β-unsaturated/α-hetero) is 1. The number of hydrogen-bond acceptors (Lipinski definition) is 2. The maximum atomic E-state index is 12.9. The summed E-state index contributed by atoms with van der Waals surface area (Å²) >= 11 is 0. The molecule has 0 amide bonds. The Morgan fingerprint density at radius 2 is 1.78 bits per heavy atom. The van der Waals surface area contributed by atoms with E-state index >= 15 is 0 Å². The van der Waals surface area contributed by atoms with Gasteiger partial charge in [-0.25, -0.2) is 0 Å². The quantitative estimate of drug-likeness (QED) is 0.552. The third-order valence-electron chi connectivity index (χ3n) is 5.56. The van der Waals surface area contributed by atoms with Gasteiger partial charge in [0.2, 0.25) is 5.78 Å². The Bertz CT molecular complexity index is 912. The number of rotatable bonds is 6. The normalized spacial score (nSPS) is 19.9. The van der Waals surface area contributed by atoms with Crippen molar-refractivity contribution in [3.05, 3.63) is 65.9 Å². The number of fused-ring (bicyclic) bond motifs is 1. The van der Waals surface area contributed by atoms with E-state index in [2.05, 4.69) is 35.3 Å². The number of carbonyl (C=O) groups is 1. The fourth-order valence-corrected chi connectivity index (χ4v) is 3.97. The second kappa shape index (κ2) is 7.94. The molecule has 1 saturated heterocycles. The summed E-state index contributed by atoms with van der Waals surface area (Å²) < 4.78 is 5.30. The highest BCUT2D eigenvalue weighted by Crippen LogP contribution is 2.23. The number of hydrogen-bond donors (Lipinski definition) is 3. The first-order valence-electron chi connectivity index (χ1n) is 9.62. The van der Waals surface area contributed by atoms with Crippen molar-refractivity contribution in [3.8, 4) is 5.75 Å². The van der Waals surface area contributed by atoms with Crippen LogP contribution in [0.1, 0.15) is 15.9 Å². The molecule has 2 heterocycles. The van der Waals surface area contributed by atoms with Gasteiger partial charge in [0.25, 0.3) is 0 Å². The lowest BCUT2D eigenvalue weighted by molar-refractivity contribution is -1.01. The molecular formula is C22H27N3O2+2. The summed E-state index contributed by atoms with van der Waals surface area (Å²) in [4.78, 5) is 19.1. The zero-order valence-corrected chi connectivity index (χ0v) is 15.8. The maximum Gasteiger partial charge on any atom is 0.219 e. The molecule has 1 aliphatic heterocycles. The van der Waals surface area contributed by atoms with Gasteiger partial charge in [0.05, 0.1) is 7.11 Å². The largest absolute Gasteiger partial charge is 0.497 e. The summed E-state index contributed by atoms with van der Waals surface area (Å²) in [5.74, 6) is 0.984. The van der Waals surface area contributed by atoms with Gasteiger partial charge in [0.1, 0.15) is 45.0 Å². The van der Waals surface area contributed by atoms with Crippen molar-refractivity contribution < 1.29 is 19.3 Å². The number of ether oxygens (including phenoxy) is 1. The highest BCUT2D eigenvalue weighted by atomic mass is 16.5. The van der Waals surface area contributed by atoms with Crippen molar-refractivity contribution in [2.45, 2.75) is 6.54 Å². The molecule has 1 aliphatic rings. The molecule has 27 heavy (non-hydrogen) atoms. The summed E-state index contributed by atoms with van der Waals surface area (Å²) in [5.41, 5.74) is 3.14. The Labute approximate surface area is 159 Å². The van der Waals surface area contributed by atoms with Crippen molar-refractivity contribution in [1.82, 2.24) is 4.98 Å². The zero-order chi connectivity index (χ0) is 18.6. The van der Waals surface area contributed by atoms with E-state index in [4.69, 9.17) is 4.74 Å². The predicted molar refractivity (Wildman–Crippen MR) is 106 cm³/mol. The lowest BCUT2D eigenvalue weighted by Crippen LogP contribution is -3.27. The van der Waals surface area contributed by atoms with Crippen LogP contribution in [0, 0.1) is 0 Å². The van der Waals surface area contributed by atoms with Crippen LogP contribution in [0.5, 0.6) is 5.75 Å². The van der Waals surface area contributed by atoms with Gasteiger partial charge < -0.3 is 19.5 Å². The Kier molecular flexibility index (Phi) is 5.23. The molecule has 0 unspecified atom stereocenters. The third kappa shape index (κ3) is 4.04. The number of quaternary nitrogens is 2. The van der Waals surface area contributed by atoms with Gasteiger partial charge in [-0.2, -0.15) is 0 Å². The number of aromatic nitrogens is 1. The highest BCUT2D eigenvalue weighted by molar-refractivity contribution is 6.08. The van der Waals surface area contributed by atoms with Gasteiger partial charge in [0, 0.05) is 28.2 Å². The average molecular weight is 365 g/mol. The molecule has 1 aromatic heterocycles. The van der Waals surface area contributed by atoms with Crippen LogP contribution >= 0.6 is 0 Å². The summed E-state index contributed by atoms with van der Waals surface area (Å²) in [6.07, 6.45) is 1.84. The smallest absolute Gasteiger partial charge is 0.219 e. The van der Waals surface area contributed by atoms with Crippen LogP contribution in [-0.4, -0.2) is 50.6 Å². The number of piperazine rings is 1. The van der Waals surface area contributed by atoms with Gasteiger partial charge in [-0.05, 0) is 18.2 Å². The van der Waals surface area contributed by atoms with Crippen LogP contribution in [0.3, 0.4) is 0 Å². The molecule has 4 rings (SSSR count). The predicted octanol–water partition coefficient (Wildman–Crippen LogP) is 0.343. The molecule has 3 aromatic rings. The van der Waals surface area contributed by atoms with Crippen LogP contribution < -0.4 is 14.5 Å². The summed E-state index contributed by atoms with van der Waals surface area (Å²) in [6.45, 7) is 5.94. The number of H-pyrrole nitrogens is 1. The van der Waals surface area contributed by atoms with E-state index in [1.807, 2.05) is 24.4 Å². The molecule has 0 spiro atoms. The minimum atomic E-state index is 0.205. The number of methoxy groups -OCH3 is 1. The molecule has 1 fully saturated rings. The van der Waals surface area contributed by atoms with Crippen LogP contribution in [0.25, 0.3) is 10.9 Å². The molecule has 140 valence electrons. The standard InChI is InChI=1S/C22H25N3O2/c1-27-18-7-8-21-19(13-18)20(14-23-21)22(26)16-25-11-9-24(10-12-25)15-17-5-3-2-4-6-17/h2-8,13-14,23H,9-12,15-16H2,1H3/p+2. The Balaban J connectivity index is 1.36. The first-order chi connectivity index (χ1) is 13.2. The van der Waals surface area contributed by atoms with E-state index in [1.54, 1.807) is 12.0 Å². The van der Waals surface area contributed by atoms with Gasteiger partial charge in [-0.15, -0.1) is 0 Å². The molecular weight excluding hydrogens is 338 g/mol. The Morgan fingerprint density at radius 3 is 2.52 bits per heavy atom. The number of carbonyl (C=O) groups excluding carboxylic acids is 1. The van der Waals surface area contributed by atoms with Crippen molar-refractivity contribution >= 4 is 16.7 Å². The number of nitrogens with one attached hydrogen (secondary N) is 3. The summed E-state index contributed by atoms with van der Waals surface area (Å²) in [5, 5.41) is 0.951. The van der Waals surface area contributed by atoms with Gasteiger partial charge >= 0.3 is 0 Å². The first kappa shape index (κ1) is 17.8. The number of aromatic amines is 1. The molecule has 0 radical (unpaired) electrons. The number of benzene rings is 2. The van der Waals surface area contributed by atoms with E-state index in [0.717, 1.165) is 54.9 Å². The lowest BCUT2D eigenvalue weighted by atomic mass is 10.1. The topological polar surface area (TPSA) is 51.0 Å². The van der Waals surface area contributed by atoms with E-state index < -0.39 is 0 Å². The summed E-state index contributed by atoms with van der Waals surface area (Å²) in [7, 11) is 1.65. The Morgan fingerprint density at radius 1 is 1.04 bits per heavy atom. The molecule has 0 atom stereocenters. The average Bonchev–Trinajstić information content (AvgIpc) is 3.13. The maximum absolute atomic E-state index is 12.9. The minimum Gasteiger partial charge on any atom is -0.497 e. The zero-order valence-electron chi connectivity index (χ0n) is 15.8. The van der Waals surface area contributed by atoms with Crippen LogP contribution in [0.4, 0.5) is 0 Å². The Hall–Kier alpha value is -2.63. The fourth-order valence-electron chi connectivity index (χ4n) is 3.97. The van der Waals surface area contributed by atoms with E-state index in [0.29, 0.717) is 6.54 Å². The SMILES string of the molecule is COc1ccc2[nH]cc(C(=O)C[NH+]3CC[NH+](Cc4ccccc4)CC3)c2c1. The molecule has 2 aromatic carbocycles. The third-order valence-corrected chi connectivity index (χ3v) is 5.56. The van der Waals surface area contributed by atoms with E-state index in [-0.39, 0.29) is 5.78 Å². The molecule has 3 N–H and O–H groups in total. The molecule has 5 heteroatoms. The van der Waals surface area contributed by atoms with Crippen LogP contribution in [-0.2, 0) is 6.54 Å². The molecule has 0 saturated carbocycles. The van der Waals surface area contributed by atoms with Crippen LogP contribution in [0.2, 0.25) is 0 Å². The second-order valence-electron chi connectivity index (χ2n) is 7.38. The lowest BCUT2D eigenvalue weighted by Gasteiger charge is -2.29. The van der Waals surface area contributed by atoms with Crippen LogP contribution in [0.15, 0.2) is 54.7 Å². The second-order valence-corrected chi connectivity index (χ2v) is 7.38. The first-order valence-corrected chi connectivity index (χ1v) is 9.62. The van der Waals surface area contributed by atoms with E-state index in [9.17, 15) is 4.79 Å². The van der Waals surface area contributed by atoms with Crippen molar-refractivity contribution in [1.29, 1.82) is 0 Å². The molecule has 0 aliphatic carbocycles. The van der Waals surface area contributed by atoms with Gasteiger partial charge in [-0.1, -0.05) is 30.3 Å². The van der Waals surface area contributed by atoms with Crippen molar-refractivity contribution in [3.63, 3.8) is 0 Å². The van der Waals surface area contributed by atoms with Gasteiger partial charge in [-0.3, -0.25) is 4.79 Å². The van der Waals surface area contributed by atoms with E-state index in [1.165, 1.54) is 10.5 Å². The minimum absolute atomic E-state index is 0.205. The molecule has 5 nitrogen and oxygen atoms in total. The molecule has 0 bridgehead atoms. The van der Waals surface area contributed by atoms with Crippen molar-refractivity contribution in [2.75, 3.05) is 39.8 Å². The monoisotopic (exact) mass is 365 g/mol.